The predicted molar refractivity (Wildman–Crippen MR) is 90.3 cm³/mol. The van der Waals surface area contributed by atoms with Crippen molar-refractivity contribution in [1.29, 1.82) is 0 Å². The van der Waals surface area contributed by atoms with E-state index in [0.29, 0.717) is 10.7 Å². The highest BCUT2D eigenvalue weighted by Crippen LogP contribution is 2.30. The van der Waals surface area contributed by atoms with E-state index in [1.54, 1.807) is 31.2 Å². The fraction of sp³-hybridized carbons (Fsp3) is 0.312. The van der Waals surface area contributed by atoms with Gasteiger partial charge in [0, 0.05) is 6.07 Å². The van der Waals surface area contributed by atoms with Gasteiger partial charge in [-0.05, 0) is 43.9 Å². The van der Waals surface area contributed by atoms with Crippen LogP contribution in [0, 0.1) is 0 Å². The molecule has 3 rings (SSSR count). The number of hydrogen-bond donors (Lipinski definition) is 1. The van der Waals surface area contributed by atoms with Crippen LogP contribution in [0.3, 0.4) is 0 Å². The van der Waals surface area contributed by atoms with Gasteiger partial charge in [-0.2, -0.15) is 5.10 Å². The number of nitrogens with zero attached hydrogens (tertiary/aromatic N) is 2. The minimum atomic E-state index is -0.747. The molecule has 0 fully saturated rings. The summed E-state index contributed by atoms with van der Waals surface area (Å²) in [6, 6.07) is 5.80. The fourth-order valence-corrected chi connectivity index (χ4v) is 2.99. The quantitative estimate of drug-likeness (QED) is 0.922. The van der Waals surface area contributed by atoms with E-state index < -0.39 is 6.04 Å². The molecule has 0 saturated carbocycles. The molecule has 1 amide bonds. The lowest BCUT2D eigenvalue weighted by Crippen LogP contribution is -2.34. The molecule has 120 valence electrons. The Bertz CT molecular complexity index is 833. The molecule has 0 bridgehead atoms. The lowest BCUT2D eigenvalue weighted by molar-refractivity contribution is -0.119. The summed E-state index contributed by atoms with van der Waals surface area (Å²) in [5, 5.41) is 7.65. The van der Waals surface area contributed by atoms with Gasteiger partial charge in [-0.15, -0.1) is 0 Å². The number of fused-ring (bicyclic) bond motifs is 1. The van der Waals surface area contributed by atoms with Crippen LogP contribution in [0.2, 0.25) is 10.0 Å². The monoisotopic (exact) mass is 351 g/mol. The van der Waals surface area contributed by atoms with E-state index in [1.165, 1.54) is 4.68 Å². The molecule has 1 N–H and O–H groups in total. The number of halogens is 2. The van der Waals surface area contributed by atoms with Crippen molar-refractivity contribution in [2.75, 3.05) is 5.32 Å². The molecule has 0 saturated heterocycles. The smallest absolute Gasteiger partial charge is 0.267 e. The maximum absolute atomic E-state index is 12.4. The average Bonchev–Trinajstić information content (AvgIpc) is 2.97. The van der Waals surface area contributed by atoms with Crippen molar-refractivity contribution in [1.82, 2.24) is 9.78 Å². The molecule has 23 heavy (non-hydrogen) atoms. The number of benzene rings is 1. The molecule has 0 aliphatic heterocycles. The van der Waals surface area contributed by atoms with Gasteiger partial charge in [0.15, 0.2) is 0 Å². The number of amides is 1. The van der Waals surface area contributed by atoms with Gasteiger partial charge in [0.25, 0.3) is 5.56 Å². The van der Waals surface area contributed by atoms with Crippen LogP contribution < -0.4 is 10.9 Å². The first-order chi connectivity index (χ1) is 11.0. The van der Waals surface area contributed by atoms with Crippen molar-refractivity contribution in [2.45, 2.75) is 32.2 Å². The van der Waals surface area contributed by atoms with Crippen LogP contribution in [-0.4, -0.2) is 15.7 Å². The third-order valence-corrected chi connectivity index (χ3v) is 4.76. The Hall–Kier alpha value is -1.85. The maximum atomic E-state index is 12.4. The molecule has 0 radical (unpaired) electrons. The Morgan fingerprint density at radius 3 is 2.91 bits per heavy atom. The normalized spacial score (nSPS) is 14.4. The highest BCUT2D eigenvalue weighted by atomic mass is 35.5. The summed E-state index contributed by atoms with van der Waals surface area (Å²) in [7, 11) is 0. The van der Waals surface area contributed by atoms with Gasteiger partial charge in [0.2, 0.25) is 5.91 Å². The summed E-state index contributed by atoms with van der Waals surface area (Å²) in [4.78, 5) is 24.6. The zero-order valence-corrected chi connectivity index (χ0v) is 14.0. The van der Waals surface area contributed by atoms with Crippen LogP contribution in [0.15, 0.2) is 29.1 Å². The van der Waals surface area contributed by atoms with Crippen molar-refractivity contribution >= 4 is 34.8 Å². The Labute approximate surface area is 143 Å². The maximum Gasteiger partial charge on any atom is 0.267 e. The van der Waals surface area contributed by atoms with Gasteiger partial charge < -0.3 is 5.32 Å². The zero-order chi connectivity index (χ0) is 16.6. The SMILES string of the molecule is CC(C(=O)Nc1cccc(Cl)c1Cl)n1nc2c(cc1=O)CCC2. The van der Waals surface area contributed by atoms with Gasteiger partial charge >= 0.3 is 0 Å². The Morgan fingerprint density at radius 1 is 1.35 bits per heavy atom. The van der Waals surface area contributed by atoms with Crippen LogP contribution in [0.1, 0.15) is 30.6 Å². The number of aryl methyl sites for hydroxylation is 2. The number of hydrogen-bond acceptors (Lipinski definition) is 3. The zero-order valence-electron chi connectivity index (χ0n) is 12.5. The third kappa shape index (κ3) is 3.12. The lowest BCUT2D eigenvalue weighted by atomic mass is 10.2. The molecule has 1 aliphatic rings. The summed E-state index contributed by atoms with van der Waals surface area (Å²) in [6.45, 7) is 1.63. The summed E-state index contributed by atoms with van der Waals surface area (Å²) < 4.78 is 1.22. The summed E-state index contributed by atoms with van der Waals surface area (Å²) >= 11 is 12.0. The number of rotatable bonds is 3. The number of nitrogens with one attached hydrogen (secondary N) is 1. The summed E-state index contributed by atoms with van der Waals surface area (Å²) in [5.41, 5.74) is 2.01. The summed E-state index contributed by atoms with van der Waals surface area (Å²) in [5.74, 6) is -0.373. The number of carbonyl (C=O) groups excluding carboxylic acids is 1. The molecule has 1 aromatic carbocycles. The highest BCUT2D eigenvalue weighted by Gasteiger charge is 2.22. The van der Waals surface area contributed by atoms with E-state index in [4.69, 9.17) is 23.2 Å². The third-order valence-electron chi connectivity index (χ3n) is 3.94. The largest absolute Gasteiger partial charge is 0.323 e. The molecular formula is C16H15Cl2N3O2. The molecule has 1 aromatic heterocycles. The van der Waals surface area contributed by atoms with E-state index >= 15 is 0 Å². The second kappa shape index (κ2) is 6.34. The van der Waals surface area contributed by atoms with E-state index in [2.05, 4.69) is 10.4 Å². The molecule has 1 atom stereocenters. The van der Waals surface area contributed by atoms with Gasteiger partial charge in [0.05, 0.1) is 21.4 Å². The molecule has 5 nitrogen and oxygen atoms in total. The van der Waals surface area contributed by atoms with Crippen LogP contribution in [0.5, 0.6) is 0 Å². The van der Waals surface area contributed by atoms with Crippen molar-refractivity contribution in [3.05, 3.63) is 55.9 Å². The fourth-order valence-electron chi connectivity index (χ4n) is 2.64. The van der Waals surface area contributed by atoms with Crippen LogP contribution in [-0.2, 0) is 17.6 Å². The Morgan fingerprint density at radius 2 is 2.13 bits per heavy atom. The van der Waals surface area contributed by atoms with E-state index in [0.717, 1.165) is 30.5 Å². The van der Waals surface area contributed by atoms with E-state index in [-0.39, 0.29) is 16.5 Å². The second-order valence-electron chi connectivity index (χ2n) is 5.52. The van der Waals surface area contributed by atoms with Gasteiger partial charge in [0.1, 0.15) is 6.04 Å². The first-order valence-corrected chi connectivity index (χ1v) is 8.09. The molecule has 1 unspecified atom stereocenters. The molecule has 0 spiro atoms. The lowest BCUT2D eigenvalue weighted by Gasteiger charge is -2.16. The van der Waals surface area contributed by atoms with E-state index in [1.807, 2.05) is 0 Å². The number of carbonyl (C=O) groups is 1. The standard InChI is InChI=1S/C16H15Cl2N3O2/c1-9(16(23)19-13-7-3-5-11(17)15(13)18)21-14(22)8-10-4-2-6-12(10)20-21/h3,5,7-9H,2,4,6H2,1H3,(H,19,23). The predicted octanol–water partition coefficient (Wildman–Crippen LogP) is 3.24. The van der Waals surface area contributed by atoms with Gasteiger partial charge in [-0.3, -0.25) is 9.59 Å². The van der Waals surface area contributed by atoms with Crippen LogP contribution >= 0.6 is 23.2 Å². The second-order valence-corrected chi connectivity index (χ2v) is 6.30. The minimum absolute atomic E-state index is 0.268. The molecule has 1 heterocycles. The molecule has 1 aliphatic carbocycles. The Balaban J connectivity index is 1.86. The van der Waals surface area contributed by atoms with Crippen molar-refractivity contribution in [3.8, 4) is 0 Å². The highest BCUT2D eigenvalue weighted by molar-refractivity contribution is 6.44. The van der Waals surface area contributed by atoms with Gasteiger partial charge in [-0.25, -0.2) is 4.68 Å². The average molecular weight is 352 g/mol. The number of aromatic nitrogens is 2. The van der Waals surface area contributed by atoms with Crippen molar-refractivity contribution < 1.29 is 4.79 Å². The molecule has 7 heteroatoms. The van der Waals surface area contributed by atoms with Gasteiger partial charge in [-0.1, -0.05) is 29.3 Å². The van der Waals surface area contributed by atoms with E-state index in [9.17, 15) is 9.59 Å². The summed E-state index contributed by atoms with van der Waals surface area (Å²) in [6.07, 6.45) is 2.70. The van der Waals surface area contributed by atoms with Crippen LogP contribution in [0.25, 0.3) is 0 Å². The topological polar surface area (TPSA) is 64.0 Å². The van der Waals surface area contributed by atoms with Crippen molar-refractivity contribution in [3.63, 3.8) is 0 Å². The first kappa shape index (κ1) is 16.0. The number of anilines is 1. The minimum Gasteiger partial charge on any atom is -0.323 e. The first-order valence-electron chi connectivity index (χ1n) is 7.34. The van der Waals surface area contributed by atoms with Crippen LogP contribution in [0.4, 0.5) is 5.69 Å². The molecular weight excluding hydrogens is 337 g/mol. The van der Waals surface area contributed by atoms with Crippen molar-refractivity contribution in [2.24, 2.45) is 0 Å². The molecule has 2 aromatic rings. The Kier molecular flexibility index (Phi) is 4.41.